The first-order chi connectivity index (χ1) is 12.1. The molecule has 2 heterocycles. The fourth-order valence-electron chi connectivity index (χ4n) is 3.26. The quantitative estimate of drug-likeness (QED) is 0.839. The van der Waals surface area contributed by atoms with Gasteiger partial charge in [0.25, 0.3) is 5.91 Å². The third-order valence-corrected chi connectivity index (χ3v) is 4.87. The molecule has 2 aromatic rings. The van der Waals surface area contributed by atoms with E-state index < -0.39 is 6.04 Å². The lowest BCUT2D eigenvalue weighted by Crippen LogP contribution is -2.51. The molecule has 0 saturated carbocycles. The number of carbonyl (C=O) groups excluding carboxylic acids is 2. The summed E-state index contributed by atoms with van der Waals surface area (Å²) in [6, 6.07) is 7.13. The molecule has 0 aliphatic carbocycles. The van der Waals surface area contributed by atoms with Gasteiger partial charge in [0, 0.05) is 37.6 Å². The molecule has 0 bridgehead atoms. The van der Waals surface area contributed by atoms with Crippen molar-refractivity contribution < 1.29 is 9.59 Å². The molecule has 0 saturated heterocycles. The van der Waals surface area contributed by atoms with E-state index in [-0.39, 0.29) is 17.7 Å². The fourth-order valence-corrected chi connectivity index (χ4v) is 3.26. The molecule has 0 spiro atoms. The number of amides is 2. The van der Waals surface area contributed by atoms with Crippen LogP contribution in [-0.2, 0) is 17.9 Å². The van der Waals surface area contributed by atoms with E-state index in [0.29, 0.717) is 25.2 Å². The van der Waals surface area contributed by atoms with Gasteiger partial charge in [0.2, 0.25) is 5.91 Å². The van der Waals surface area contributed by atoms with Gasteiger partial charge in [-0.1, -0.05) is 38.5 Å². The fraction of sp³-hybridized carbons (Fsp3) is 0.421. The van der Waals surface area contributed by atoms with E-state index in [9.17, 15) is 9.59 Å². The van der Waals surface area contributed by atoms with Crippen molar-refractivity contribution in [1.29, 1.82) is 0 Å². The van der Waals surface area contributed by atoms with Gasteiger partial charge in [-0.15, -0.1) is 0 Å². The summed E-state index contributed by atoms with van der Waals surface area (Å²) in [5.41, 5.74) is 1.70. The predicted molar refractivity (Wildman–Crippen MR) is 94.8 cm³/mol. The molecule has 0 radical (unpaired) electrons. The highest BCUT2D eigenvalue weighted by Gasteiger charge is 2.38. The first-order valence-electron chi connectivity index (χ1n) is 8.74. The Labute approximate surface area is 147 Å². The van der Waals surface area contributed by atoms with Gasteiger partial charge < -0.3 is 14.8 Å². The topological polar surface area (TPSA) is 67.2 Å². The molecule has 1 aromatic heterocycles. The number of imidazole rings is 1. The van der Waals surface area contributed by atoms with Gasteiger partial charge >= 0.3 is 0 Å². The molecular formula is C19H24N4O2. The highest BCUT2D eigenvalue weighted by Crippen LogP contribution is 2.28. The monoisotopic (exact) mass is 340 g/mol. The van der Waals surface area contributed by atoms with Crippen LogP contribution in [0.2, 0.25) is 0 Å². The summed E-state index contributed by atoms with van der Waals surface area (Å²) in [6.07, 6.45) is 6.13. The van der Waals surface area contributed by atoms with Crippen LogP contribution in [0, 0.1) is 5.92 Å². The smallest absolute Gasteiger partial charge is 0.255 e. The summed E-state index contributed by atoms with van der Waals surface area (Å²) in [6.45, 7) is 5.74. The van der Waals surface area contributed by atoms with Crippen LogP contribution in [0.5, 0.6) is 0 Å². The number of fused-ring (bicyclic) bond motifs is 1. The van der Waals surface area contributed by atoms with Crippen molar-refractivity contribution in [2.75, 3.05) is 6.54 Å². The van der Waals surface area contributed by atoms with Gasteiger partial charge in [-0.3, -0.25) is 9.59 Å². The Bertz CT molecular complexity index is 742. The molecule has 6 nitrogen and oxygen atoms in total. The minimum Gasteiger partial charge on any atom is -0.353 e. The molecule has 1 N–H and O–H groups in total. The number of carbonyl (C=O) groups is 2. The van der Waals surface area contributed by atoms with Crippen LogP contribution in [-0.4, -0.2) is 38.9 Å². The number of nitrogens with zero attached hydrogens (tertiary/aromatic N) is 3. The minimum atomic E-state index is -0.451. The lowest BCUT2D eigenvalue weighted by Gasteiger charge is -2.31. The highest BCUT2D eigenvalue weighted by molar-refractivity contribution is 6.01. The van der Waals surface area contributed by atoms with Gasteiger partial charge in [0.05, 0.1) is 6.33 Å². The van der Waals surface area contributed by atoms with E-state index in [2.05, 4.69) is 10.3 Å². The van der Waals surface area contributed by atoms with E-state index in [0.717, 1.165) is 12.0 Å². The predicted octanol–water partition coefficient (Wildman–Crippen LogP) is 2.07. The molecule has 3 rings (SSSR count). The summed E-state index contributed by atoms with van der Waals surface area (Å²) >= 11 is 0. The molecule has 6 heteroatoms. The number of hydrogen-bond acceptors (Lipinski definition) is 3. The maximum atomic E-state index is 12.8. The van der Waals surface area contributed by atoms with Crippen molar-refractivity contribution in [1.82, 2.24) is 19.8 Å². The maximum Gasteiger partial charge on any atom is 0.255 e. The van der Waals surface area contributed by atoms with Crippen LogP contribution < -0.4 is 5.32 Å². The van der Waals surface area contributed by atoms with Crippen LogP contribution in [0.1, 0.15) is 36.2 Å². The second-order valence-electron chi connectivity index (χ2n) is 6.51. The molecule has 1 aliphatic rings. The summed E-state index contributed by atoms with van der Waals surface area (Å²) in [7, 11) is 0. The molecule has 1 aromatic carbocycles. The van der Waals surface area contributed by atoms with E-state index in [1.165, 1.54) is 0 Å². The van der Waals surface area contributed by atoms with Gasteiger partial charge in [-0.25, -0.2) is 4.98 Å². The van der Waals surface area contributed by atoms with Gasteiger partial charge in [-0.05, 0) is 17.5 Å². The van der Waals surface area contributed by atoms with E-state index in [1.54, 1.807) is 17.4 Å². The number of benzene rings is 1. The van der Waals surface area contributed by atoms with Gasteiger partial charge in [0.15, 0.2) is 0 Å². The zero-order valence-corrected chi connectivity index (χ0v) is 14.7. The third-order valence-electron chi connectivity index (χ3n) is 4.87. The minimum absolute atomic E-state index is 0.0503. The number of aromatic nitrogens is 2. The lowest BCUT2D eigenvalue weighted by molar-refractivity contribution is -0.127. The largest absolute Gasteiger partial charge is 0.353 e. The Morgan fingerprint density at radius 3 is 2.84 bits per heavy atom. The Balaban J connectivity index is 1.70. The molecule has 2 amide bonds. The zero-order chi connectivity index (χ0) is 17.8. The SMILES string of the molecule is CCC(C)C(C(=O)NCCn1ccnc1)N1Cc2ccccc2C1=O. The maximum absolute atomic E-state index is 12.8. The first kappa shape index (κ1) is 17.2. The van der Waals surface area contributed by atoms with Crippen molar-refractivity contribution in [3.63, 3.8) is 0 Å². The van der Waals surface area contributed by atoms with E-state index >= 15 is 0 Å². The number of hydrogen-bond donors (Lipinski definition) is 1. The first-order valence-corrected chi connectivity index (χ1v) is 8.74. The average molecular weight is 340 g/mol. The average Bonchev–Trinajstić information content (AvgIpc) is 3.24. The summed E-state index contributed by atoms with van der Waals surface area (Å²) in [4.78, 5) is 31.3. The molecule has 25 heavy (non-hydrogen) atoms. The summed E-state index contributed by atoms with van der Waals surface area (Å²) < 4.78 is 1.91. The lowest BCUT2D eigenvalue weighted by atomic mass is 9.96. The van der Waals surface area contributed by atoms with Crippen LogP contribution in [0.3, 0.4) is 0 Å². The standard InChI is InChI=1S/C19H24N4O2/c1-3-14(2)17(18(24)21-9-11-22-10-8-20-13-22)23-12-15-6-4-5-7-16(15)19(23)25/h4-8,10,13-14,17H,3,9,11-12H2,1-2H3,(H,21,24). The van der Waals surface area contributed by atoms with E-state index in [4.69, 9.17) is 0 Å². The Hall–Kier alpha value is -2.63. The van der Waals surface area contributed by atoms with Crippen LogP contribution in [0.25, 0.3) is 0 Å². The molecule has 132 valence electrons. The molecular weight excluding hydrogens is 316 g/mol. The van der Waals surface area contributed by atoms with Crippen LogP contribution in [0.4, 0.5) is 0 Å². The van der Waals surface area contributed by atoms with Crippen molar-refractivity contribution in [2.24, 2.45) is 5.92 Å². The second-order valence-corrected chi connectivity index (χ2v) is 6.51. The van der Waals surface area contributed by atoms with Crippen LogP contribution in [0.15, 0.2) is 43.0 Å². The van der Waals surface area contributed by atoms with Crippen molar-refractivity contribution in [3.05, 3.63) is 54.1 Å². The Kier molecular flexibility index (Phi) is 5.16. The Morgan fingerprint density at radius 1 is 1.36 bits per heavy atom. The summed E-state index contributed by atoms with van der Waals surface area (Å²) in [5, 5.41) is 2.98. The summed E-state index contributed by atoms with van der Waals surface area (Å²) in [5.74, 6) is -0.0483. The molecule has 2 atom stereocenters. The molecule has 1 aliphatic heterocycles. The normalized spacial score (nSPS) is 15.8. The zero-order valence-electron chi connectivity index (χ0n) is 14.7. The van der Waals surface area contributed by atoms with Gasteiger partial charge in [-0.2, -0.15) is 0 Å². The van der Waals surface area contributed by atoms with E-state index in [1.807, 2.05) is 48.9 Å². The number of rotatable bonds is 7. The molecule has 0 fully saturated rings. The molecule has 2 unspecified atom stereocenters. The Morgan fingerprint density at radius 2 is 2.16 bits per heavy atom. The van der Waals surface area contributed by atoms with Crippen molar-refractivity contribution in [2.45, 2.75) is 39.4 Å². The van der Waals surface area contributed by atoms with Crippen molar-refractivity contribution in [3.8, 4) is 0 Å². The highest BCUT2D eigenvalue weighted by atomic mass is 16.2. The third kappa shape index (κ3) is 3.57. The van der Waals surface area contributed by atoms with Crippen LogP contribution >= 0.6 is 0 Å². The van der Waals surface area contributed by atoms with Gasteiger partial charge in [0.1, 0.15) is 6.04 Å². The van der Waals surface area contributed by atoms with Crippen molar-refractivity contribution >= 4 is 11.8 Å². The second kappa shape index (κ2) is 7.51. The number of nitrogens with one attached hydrogen (secondary N) is 1.